The molecule has 0 aromatic rings. The third-order valence-electron chi connectivity index (χ3n) is 3.19. The Bertz CT molecular complexity index is 229. The molecule has 94 valence electrons. The number of rotatable bonds is 6. The van der Waals surface area contributed by atoms with Crippen molar-refractivity contribution in [3.63, 3.8) is 0 Å². The average Bonchev–Trinajstić information content (AvgIpc) is 2.44. The predicted molar refractivity (Wildman–Crippen MR) is 66.8 cm³/mol. The fourth-order valence-electron chi connectivity index (χ4n) is 2.00. The highest BCUT2D eigenvalue weighted by atomic mass is 16.7. The fourth-order valence-corrected chi connectivity index (χ4v) is 2.00. The topological polar surface area (TPSA) is 18.5 Å². The highest BCUT2D eigenvalue weighted by molar-refractivity contribution is 4.99. The van der Waals surface area contributed by atoms with Crippen molar-refractivity contribution in [2.45, 2.75) is 66.6 Å². The van der Waals surface area contributed by atoms with Gasteiger partial charge in [0.2, 0.25) is 6.29 Å². The van der Waals surface area contributed by atoms with E-state index in [1.807, 2.05) is 13.8 Å². The molecule has 0 saturated carbocycles. The summed E-state index contributed by atoms with van der Waals surface area (Å²) in [5, 5.41) is 0. The Morgan fingerprint density at radius 1 is 1.00 bits per heavy atom. The molecule has 0 amide bonds. The zero-order chi connectivity index (χ0) is 12.1. The molecule has 1 aliphatic heterocycles. The van der Waals surface area contributed by atoms with Gasteiger partial charge in [0.25, 0.3) is 0 Å². The minimum absolute atomic E-state index is 0.0333. The quantitative estimate of drug-likeness (QED) is 0.665. The molecule has 1 aliphatic rings. The Morgan fingerprint density at radius 2 is 1.56 bits per heavy atom. The Balaban J connectivity index is 2.14. The number of ether oxygens (including phenoxy) is 2. The van der Waals surface area contributed by atoms with Crippen molar-refractivity contribution in [3.8, 4) is 0 Å². The van der Waals surface area contributed by atoms with Gasteiger partial charge in [-0.1, -0.05) is 40.0 Å². The molecule has 0 saturated heterocycles. The van der Waals surface area contributed by atoms with Gasteiger partial charge in [0, 0.05) is 6.42 Å². The van der Waals surface area contributed by atoms with Crippen molar-refractivity contribution in [2.24, 2.45) is 11.8 Å². The smallest absolute Gasteiger partial charge is 0.240 e. The molecule has 2 heteroatoms. The predicted octanol–water partition coefficient (Wildman–Crippen LogP) is 4.46. The third-order valence-corrected chi connectivity index (χ3v) is 3.19. The van der Waals surface area contributed by atoms with Crippen LogP contribution in [-0.4, -0.2) is 6.29 Å². The lowest BCUT2D eigenvalue weighted by Gasteiger charge is -2.17. The van der Waals surface area contributed by atoms with E-state index in [1.54, 1.807) is 0 Å². The van der Waals surface area contributed by atoms with Crippen LogP contribution in [0.4, 0.5) is 0 Å². The van der Waals surface area contributed by atoms with Gasteiger partial charge < -0.3 is 9.47 Å². The second kappa shape index (κ2) is 6.17. The Labute approximate surface area is 100 Å². The van der Waals surface area contributed by atoms with Gasteiger partial charge in [-0.15, -0.1) is 0 Å². The van der Waals surface area contributed by atoms with Crippen molar-refractivity contribution < 1.29 is 9.47 Å². The first-order valence-corrected chi connectivity index (χ1v) is 6.49. The van der Waals surface area contributed by atoms with Crippen LogP contribution in [0.5, 0.6) is 0 Å². The highest BCUT2D eigenvalue weighted by Gasteiger charge is 2.23. The maximum absolute atomic E-state index is 5.63. The molecular formula is C14H26O2. The van der Waals surface area contributed by atoms with E-state index < -0.39 is 0 Å². The van der Waals surface area contributed by atoms with Gasteiger partial charge >= 0.3 is 0 Å². The molecule has 2 nitrogen and oxygen atoms in total. The fraction of sp³-hybridized carbons (Fsp3) is 0.857. The molecule has 0 spiro atoms. The van der Waals surface area contributed by atoms with Crippen LogP contribution in [-0.2, 0) is 9.47 Å². The minimum atomic E-state index is -0.0333. The van der Waals surface area contributed by atoms with Crippen molar-refractivity contribution >= 4 is 0 Å². The van der Waals surface area contributed by atoms with Gasteiger partial charge in [-0.05, 0) is 25.7 Å². The summed E-state index contributed by atoms with van der Waals surface area (Å²) in [7, 11) is 0. The normalized spacial score (nSPS) is 18.9. The summed E-state index contributed by atoms with van der Waals surface area (Å²) in [4.78, 5) is 0. The van der Waals surface area contributed by atoms with E-state index in [0.717, 1.165) is 23.9 Å². The van der Waals surface area contributed by atoms with E-state index in [4.69, 9.17) is 9.47 Å². The van der Waals surface area contributed by atoms with Crippen molar-refractivity contribution in [2.75, 3.05) is 0 Å². The van der Waals surface area contributed by atoms with Gasteiger partial charge in [-0.25, -0.2) is 0 Å². The lowest BCUT2D eigenvalue weighted by atomic mass is 9.97. The van der Waals surface area contributed by atoms with Crippen molar-refractivity contribution in [1.82, 2.24) is 0 Å². The first kappa shape index (κ1) is 13.4. The first-order chi connectivity index (χ1) is 7.49. The molecule has 0 N–H and O–H groups in total. The summed E-state index contributed by atoms with van der Waals surface area (Å²) in [6.45, 7) is 10.8. The highest BCUT2D eigenvalue weighted by Crippen LogP contribution is 2.27. The van der Waals surface area contributed by atoms with Gasteiger partial charge in [-0.3, -0.25) is 0 Å². The molecule has 0 aliphatic carbocycles. The molecular weight excluding hydrogens is 200 g/mol. The summed E-state index contributed by atoms with van der Waals surface area (Å²) < 4.78 is 11.3. The lowest BCUT2D eigenvalue weighted by molar-refractivity contribution is -0.0529. The number of hydrogen-bond donors (Lipinski definition) is 0. The number of hydrogen-bond acceptors (Lipinski definition) is 2. The summed E-state index contributed by atoms with van der Waals surface area (Å²) in [6, 6.07) is 0. The molecule has 1 heterocycles. The van der Waals surface area contributed by atoms with Gasteiger partial charge in [0.05, 0.1) is 0 Å². The molecule has 0 fully saturated rings. The maximum Gasteiger partial charge on any atom is 0.240 e. The summed E-state index contributed by atoms with van der Waals surface area (Å²) in [5.41, 5.74) is 0. The van der Waals surface area contributed by atoms with Crippen molar-refractivity contribution in [3.05, 3.63) is 11.5 Å². The van der Waals surface area contributed by atoms with Gasteiger partial charge in [-0.2, -0.15) is 0 Å². The van der Waals surface area contributed by atoms with Crippen LogP contribution in [0.2, 0.25) is 0 Å². The zero-order valence-electron chi connectivity index (χ0n) is 11.4. The molecule has 16 heavy (non-hydrogen) atoms. The second-order valence-electron chi connectivity index (χ2n) is 5.44. The van der Waals surface area contributed by atoms with Gasteiger partial charge in [0.15, 0.2) is 0 Å². The zero-order valence-corrected chi connectivity index (χ0v) is 11.4. The van der Waals surface area contributed by atoms with Crippen LogP contribution >= 0.6 is 0 Å². The Kier molecular flexibility index (Phi) is 5.17. The first-order valence-electron chi connectivity index (χ1n) is 6.49. The van der Waals surface area contributed by atoms with Crippen LogP contribution in [0.3, 0.4) is 0 Å². The van der Waals surface area contributed by atoms with Crippen LogP contribution < -0.4 is 0 Å². The van der Waals surface area contributed by atoms with E-state index >= 15 is 0 Å². The van der Waals surface area contributed by atoms with E-state index in [1.165, 1.54) is 19.3 Å². The van der Waals surface area contributed by atoms with Crippen LogP contribution in [0.15, 0.2) is 11.5 Å². The van der Waals surface area contributed by atoms with E-state index in [0.29, 0.717) is 5.92 Å². The maximum atomic E-state index is 5.63. The third kappa shape index (κ3) is 4.46. The lowest BCUT2D eigenvalue weighted by Crippen LogP contribution is -2.13. The Morgan fingerprint density at radius 3 is 2.06 bits per heavy atom. The summed E-state index contributed by atoms with van der Waals surface area (Å²) in [6.07, 6.45) is 4.89. The number of allylic oxidation sites excluding steroid dienone is 2. The molecule has 0 unspecified atom stereocenters. The van der Waals surface area contributed by atoms with Crippen LogP contribution in [0.25, 0.3) is 0 Å². The van der Waals surface area contributed by atoms with E-state index in [9.17, 15) is 0 Å². The Hall–Kier alpha value is -0.660. The van der Waals surface area contributed by atoms with E-state index in [2.05, 4.69) is 20.8 Å². The molecule has 1 atom stereocenters. The minimum Gasteiger partial charge on any atom is -0.456 e. The average molecular weight is 226 g/mol. The standard InChI is InChI=1S/C14H26O2/c1-10(2)7-6-8-11(3)9-14-15-12(4)13(5)16-14/h10-11,14H,6-9H2,1-5H3/t11-/m1/s1. The van der Waals surface area contributed by atoms with Crippen LogP contribution in [0, 0.1) is 11.8 Å². The summed E-state index contributed by atoms with van der Waals surface area (Å²) in [5.74, 6) is 3.39. The monoisotopic (exact) mass is 226 g/mol. The summed E-state index contributed by atoms with van der Waals surface area (Å²) >= 11 is 0. The molecule has 1 rings (SSSR count). The molecule has 0 bridgehead atoms. The van der Waals surface area contributed by atoms with Crippen LogP contribution in [0.1, 0.15) is 60.3 Å². The molecule has 0 radical (unpaired) electrons. The SMILES string of the molecule is CC1=C(C)OC(C[C@H](C)CCCC(C)C)O1. The van der Waals surface area contributed by atoms with E-state index in [-0.39, 0.29) is 6.29 Å². The largest absolute Gasteiger partial charge is 0.456 e. The van der Waals surface area contributed by atoms with Gasteiger partial charge in [0.1, 0.15) is 11.5 Å². The molecule has 0 aromatic carbocycles. The van der Waals surface area contributed by atoms with Crippen molar-refractivity contribution in [1.29, 1.82) is 0 Å². The molecule has 0 aromatic heterocycles. The second-order valence-corrected chi connectivity index (χ2v) is 5.44.